The molecule has 1 saturated carbocycles. The molecular formula is C19H25N5O. The number of aryl methyl sites for hydroxylation is 1. The Morgan fingerprint density at radius 1 is 1.08 bits per heavy atom. The molecule has 0 bridgehead atoms. The Morgan fingerprint density at radius 2 is 1.84 bits per heavy atom. The number of nitrogens with zero attached hydrogens (tertiary/aromatic N) is 5. The lowest BCUT2D eigenvalue weighted by Gasteiger charge is -2.32. The zero-order valence-electron chi connectivity index (χ0n) is 14.8. The number of rotatable bonds is 5. The van der Waals surface area contributed by atoms with E-state index in [0.717, 1.165) is 56.1 Å². The van der Waals surface area contributed by atoms with Gasteiger partial charge in [-0.3, -0.25) is 24.2 Å². The van der Waals surface area contributed by atoms with Crippen molar-refractivity contribution in [3.05, 3.63) is 52.2 Å². The molecule has 0 spiro atoms. The van der Waals surface area contributed by atoms with Crippen molar-refractivity contribution in [2.24, 2.45) is 5.92 Å². The van der Waals surface area contributed by atoms with Gasteiger partial charge in [-0.2, -0.15) is 0 Å². The highest BCUT2D eigenvalue weighted by Crippen LogP contribution is 2.38. The van der Waals surface area contributed by atoms with Crippen LogP contribution in [0.25, 0.3) is 0 Å². The molecule has 6 heteroatoms. The Kier molecular flexibility index (Phi) is 4.61. The second-order valence-corrected chi connectivity index (χ2v) is 7.39. The van der Waals surface area contributed by atoms with Crippen LogP contribution in [0.2, 0.25) is 0 Å². The van der Waals surface area contributed by atoms with Gasteiger partial charge in [0.05, 0.1) is 23.4 Å². The van der Waals surface area contributed by atoms with Crippen molar-refractivity contribution in [1.82, 2.24) is 24.4 Å². The number of aromatic nitrogens is 4. The summed E-state index contributed by atoms with van der Waals surface area (Å²) < 4.78 is 1.79. The van der Waals surface area contributed by atoms with Crippen LogP contribution in [0.5, 0.6) is 0 Å². The molecule has 25 heavy (non-hydrogen) atoms. The van der Waals surface area contributed by atoms with Gasteiger partial charge in [-0.05, 0) is 51.6 Å². The normalized spacial score (nSPS) is 19.2. The molecule has 1 aliphatic carbocycles. The molecule has 0 unspecified atom stereocenters. The van der Waals surface area contributed by atoms with E-state index in [4.69, 9.17) is 0 Å². The number of hydrogen-bond donors (Lipinski definition) is 0. The summed E-state index contributed by atoms with van der Waals surface area (Å²) >= 11 is 0. The van der Waals surface area contributed by atoms with Gasteiger partial charge in [0.2, 0.25) is 0 Å². The Bertz CT molecular complexity index is 790. The highest BCUT2D eigenvalue weighted by Gasteiger charge is 2.26. The van der Waals surface area contributed by atoms with Crippen molar-refractivity contribution in [3.63, 3.8) is 0 Å². The highest BCUT2D eigenvalue weighted by molar-refractivity contribution is 5.12. The van der Waals surface area contributed by atoms with Gasteiger partial charge in [0.1, 0.15) is 0 Å². The first-order valence-electron chi connectivity index (χ1n) is 9.24. The molecule has 4 rings (SSSR count). The molecule has 1 saturated heterocycles. The van der Waals surface area contributed by atoms with Gasteiger partial charge in [0, 0.05) is 37.5 Å². The molecule has 1 aliphatic heterocycles. The molecule has 0 N–H and O–H groups in total. The smallest absolute Gasteiger partial charge is 0.253 e. The molecule has 0 radical (unpaired) electrons. The quantitative estimate of drug-likeness (QED) is 0.835. The summed E-state index contributed by atoms with van der Waals surface area (Å²) in [4.78, 5) is 28.0. The highest BCUT2D eigenvalue weighted by atomic mass is 16.1. The summed E-state index contributed by atoms with van der Waals surface area (Å²) in [5.41, 5.74) is 3.17. The maximum atomic E-state index is 12.3. The van der Waals surface area contributed by atoms with E-state index in [1.165, 1.54) is 12.8 Å². The fraction of sp³-hybridized carbons (Fsp3) is 0.579. The molecule has 6 nitrogen and oxygen atoms in total. The molecule has 2 aromatic heterocycles. The van der Waals surface area contributed by atoms with Gasteiger partial charge >= 0.3 is 0 Å². The molecule has 2 aliphatic rings. The van der Waals surface area contributed by atoms with Gasteiger partial charge in [0.15, 0.2) is 0 Å². The molecular weight excluding hydrogens is 314 g/mol. The zero-order chi connectivity index (χ0) is 17.2. The minimum atomic E-state index is 0.106. The molecule has 2 aromatic rings. The van der Waals surface area contributed by atoms with E-state index in [0.29, 0.717) is 11.8 Å². The number of piperidine rings is 1. The minimum Gasteiger partial charge on any atom is -0.299 e. The summed E-state index contributed by atoms with van der Waals surface area (Å²) in [6, 6.07) is 1.74. The average Bonchev–Trinajstić information content (AvgIpc) is 3.45. The van der Waals surface area contributed by atoms with Crippen molar-refractivity contribution in [1.29, 1.82) is 0 Å². The topological polar surface area (TPSA) is 63.9 Å². The van der Waals surface area contributed by atoms with Crippen LogP contribution in [0.1, 0.15) is 48.7 Å². The Morgan fingerprint density at radius 3 is 2.52 bits per heavy atom. The largest absolute Gasteiger partial charge is 0.299 e. The molecule has 3 heterocycles. The maximum absolute atomic E-state index is 12.3. The molecule has 2 fully saturated rings. The van der Waals surface area contributed by atoms with Crippen molar-refractivity contribution in [3.8, 4) is 0 Å². The van der Waals surface area contributed by atoms with Crippen LogP contribution in [0, 0.1) is 12.8 Å². The van der Waals surface area contributed by atoms with Gasteiger partial charge in [-0.25, -0.2) is 4.98 Å². The van der Waals surface area contributed by atoms with E-state index in [1.54, 1.807) is 29.4 Å². The number of likely N-dealkylation sites (tertiary alicyclic amines) is 1. The standard InChI is InChI=1S/C19H25N5O/c1-14-18(21-7-6-20-14)12-23-8-4-15(5-9-23)11-24-13-22-17(10-19(24)25)16-2-3-16/h6-7,10,13,15-16H,2-5,8-9,11-12H2,1H3. The van der Waals surface area contributed by atoms with Crippen molar-refractivity contribution in [2.75, 3.05) is 13.1 Å². The lowest BCUT2D eigenvalue weighted by Crippen LogP contribution is -2.36. The van der Waals surface area contributed by atoms with Gasteiger partial charge in [-0.15, -0.1) is 0 Å². The van der Waals surface area contributed by atoms with E-state index in [-0.39, 0.29) is 5.56 Å². The summed E-state index contributed by atoms with van der Waals surface area (Å²) in [6.45, 7) is 5.75. The van der Waals surface area contributed by atoms with Gasteiger partial charge in [0.25, 0.3) is 5.56 Å². The van der Waals surface area contributed by atoms with Crippen LogP contribution in [0.4, 0.5) is 0 Å². The fourth-order valence-electron chi connectivity index (χ4n) is 3.59. The van der Waals surface area contributed by atoms with Crippen LogP contribution in [0.15, 0.2) is 29.6 Å². The summed E-state index contributed by atoms with van der Waals surface area (Å²) in [5, 5.41) is 0. The zero-order valence-corrected chi connectivity index (χ0v) is 14.8. The van der Waals surface area contributed by atoms with Crippen LogP contribution in [-0.4, -0.2) is 37.5 Å². The third-order valence-corrected chi connectivity index (χ3v) is 5.41. The summed E-state index contributed by atoms with van der Waals surface area (Å²) in [7, 11) is 0. The Hall–Kier alpha value is -2.08. The fourth-order valence-corrected chi connectivity index (χ4v) is 3.59. The van der Waals surface area contributed by atoms with Crippen LogP contribution in [0.3, 0.4) is 0 Å². The minimum absolute atomic E-state index is 0.106. The van der Waals surface area contributed by atoms with Crippen molar-refractivity contribution in [2.45, 2.75) is 51.6 Å². The van der Waals surface area contributed by atoms with E-state index >= 15 is 0 Å². The first-order chi connectivity index (χ1) is 12.2. The molecule has 132 valence electrons. The average molecular weight is 339 g/mol. The Labute approximate surface area is 148 Å². The number of hydrogen-bond acceptors (Lipinski definition) is 5. The second kappa shape index (κ2) is 7.04. The predicted molar refractivity (Wildman–Crippen MR) is 95.2 cm³/mol. The van der Waals surface area contributed by atoms with Gasteiger partial charge < -0.3 is 0 Å². The van der Waals surface area contributed by atoms with E-state index in [9.17, 15) is 4.79 Å². The van der Waals surface area contributed by atoms with Crippen LogP contribution >= 0.6 is 0 Å². The monoisotopic (exact) mass is 339 g/mol. The van der Waals surface area contributed by atoms with Crippen molar-refractivity contribution >= 4 is 0 Å². The molecule has 0 aromatic carbocycles. The lowest BCUT2D eigenvalue weighted by molar-refractivity contribution is 0.164. The first kappa shape index (κ1) is 16.4. The van der Waals surface area contributed by atoms with Crippen LogP contribution < -0.4 is 5.56 Å². The Balaban J connectivity index is 1.31. The predicted octanol–water partition coefficient (Wildman–Crippen LogP) is 2.13. The molecule has 0 amide bonds. The lowest BCUT2D eigenvalue weighted by atomic mass is 9.96. The van der Waals surface area contributed by atoms with Crippen LogP contribution in [-0.2, 0) is 13.1 Å². The van der Waals surface area contributed by atoms with E-state index in [2.05, 4.69) is 19.9 Å². The first-order valence-corrected chi connectivity index (χ1v) is 9.24. The molecule has 0 atom stereocenters. The summed E-state index contributed by atoms with van der Waals surface area (Å²) in [5.74, 6) is 1.08. The third-order valence-electron chi connectivity index (χ3n) is 5.41. The second-order valence-electron chi connectivity index (χ2n) is 7.39. The maximum Gasteiger partial charge on any atom is 0.253 e. The van der Waals surface area contributed by atoms with E-state index in [1.807, 2.05) is 6.92 Å². The van der Waals surface area contributed by atoms with Crippen molar-refractivity contribution < 1.29 is 0 Å². The van der Waals surface area contributed by atoms with Gasteiger partial charge in [-0.1, -0.05) is 0 Å². The SMILES string of the molecule is Cc1nccnc1CN1CCC(Cn2cnc(C3CC3)cc2=O)CC1. The summed E-state index contributed by atoms with van der Waals surface area (Å²) in [6.07, 6.45) is 9.84. The van der Waals surface area contributed by atoms with E-state index < -0.39 is 0 Å². The third kappa shape index (κ3) is 3.95.